The molecule has 14 heavy (non-hydrogen) atoms. The monoisotopic (exact) mass is 234 g/mol. The van der Waals surface area contributed by atoms with Gasteiger partial charge >= 0.3 is 37.4 Å². The molecule has 4 nitrogen and oxygen atoms in total. The van der Waals surface area contributed by atoms with Crippen LogP contribution in [0.4, 0.5) is 0 Å². The first-order chi connectivity index (χ1) is 5.81. The summed E-state index contributed by atoms with van der Waals surface area (Å²) in [4.78, 5) is 21.6. The van der Waals surface area contributed by atoms with Crippen molar-refractivity contribution < 1.29 is 48.8 Å². The van der Waals surface area contributed by atoms with Gasteiger partial charge in [-0.1, -0.05) is 39.5 Å². The van der Waals surface area contributed by atoms with E-state index in [1.807, 2.05) is 0 Å². The molecule has 1 unspecified atom stereocenters. The Morgan fingerprint density at radius 3 is 1.86 bits per heavy atom. The van der Waals surface area contributed by atoms with E-state index in [1.165, 1.54) is 25.7 Å². The molecule has 0 aromatic carbocycles. The van der Waals surface area contributed by atoms with Crippen LogP contribution in [0.15, 0.2) is 0 Å². The first-order valence-corrected chi connectivity index (χ1v) is 5.99. The molecule has 0 rings (SSSR count). The smallest absolute Gasteiger partial charge is 0.340 e. The number of hydrogen-bond acceptors (Lipinski definition) is 1. The van der Waals surface area contributed by atoms with Gasteiger partial charge in [0.1, 0.15) is 0 Å². The van der Waals surface area contributed by atoms with E-state index in [2.05, 4.69) is 20.8 Å². The molecule has 0 heterocycles. The van der Waals surface area contributed by atoms with Gasteiger partial charge in [0.15, 0.2) is 0 Å². The number of unbranched alkanes of at least 4 members (excludes halogenated alkanes) is 1. The quantitative estimate of drug-likeness (QED) is 0.335. The minimum absolute atomic E-state index is 0. The van der Waals surface area contributed by atoms with Gasteiger partial charge in [-0.2, -0.15) is 5.92 Å². The standard InChI is InChI=1S/C8H17.Na.H3O4P/c1-4-6-7-8(3)5-2;;1-5(2,3)4/h8H,3-7H2,1-2H3;;(H3,1,2,3,4)/q-1;+1;. The predicted molar refractivity (Wildman–Crippen MR) is 52.9 cm³/mol. The Labute approximate surface area is 109 Å². The van der Waals surface area contributed by atoms with Gasteiger partial charge in [-0.05, 0) is 0 Å². The van der Waals surface area contributed by atoms with Crippen molar-refractivity contribution in [1.29, 1.82) is 0 Å². The first-order valence-electron chi connectivity index (χ1n) is 4.42. The minimum atomic E-state index is -4.64. The van der Waals surface area contributed by atoms with Crippen molar-refractivity contribution in [3.05, 3.63) is 6.92 Å². The molecule has 0 saturated heterocycles. The van der Waals surface area contributed by atoms with Crippen LogP contribution in [0.1, 0.15) is 39.5 Å². The maximum atomic E-state index is 8.88. The van der Waals surface area contributed by atoms with Gasteiger partial charge in [-0.15, -0.1) is 0 Å². The normalized spacial score (nSPS) is 12.1. The molecule has 0 fully saturated rings. The van der Waals surface area contributed by atoms with Crippen LogP contribution < -0.4 is 29.6 Å². The third-order valence-electron chi connectivity index (χ3n) is 1.54. The van der Waals surface area contributed by atoms with E-state index >= 15 is 0 Å². The molecule has 0 radical (unpaired) electrons. The fourth-order valence-electron chi connectivity index (χ4n) is 0.697. The summed E-state index contributed by atoms with van der Waals surface area (Å²) in [6.07, 6.45) is 5.21. The van der Waals surface area contributed by atoms with Crippen molar-refractivity contribution in [3.8, 4) is 0 Å². The molecule has 1 atom stereocenters. The summed E-state index contributed by atoms with van der Waals surface area (Å²) in [5.41, 5.74) is 0. The largest absolute Gasteiger partial charge is 1.00 e. The summed E-state index contributed by atoms with van der Waals surface area (Å²) in [7, 11) is -4.64. The first kappa shape index (κ1) is 20.5. The minimum Gasteiger partial charge on any atom is -0.340 e. The summed E-state index contributed by atoms with van der Waals surface area (Å²) in [6.45, 7) is 8.42. The molecule has 6 heteroatoms. The SMILES string of the molecule is O=P(O)(O)O.[CH2-]C(CC)CCCC.[Na+]. The van der Waals surface area contributed by atoms with Gasteiger partial charge in [0, 0.05) is 0 Å². The van der Waals surface area contributed by atoms with Crippen LogP contribution in [-0.4, -0.2) is 14.7 Å². The van der Waals surface area contributed by atoms with Crippen molar-refractivity contribution in [2.24, 2.45) is 5.92 Å². The third-order valence-corrected chi connectivity index (χ3v) is 1.54. The van der Waals surface area contributed by atoms with Crippen LogP contribution in [0, 0.1) is 12.8 Å². The maximum absolute atomic E-state index is 8.88. The van der Waals surface area contributed by atoms with Crippen LogP contribution in [0.25, 0.3) is 0 Å². The molecule has 3 N–H and O–H groups in total. The van der Waals surface area contributed by atoms with Crippen LogP contribution in [0.2, 0.25) is 0 Å². The molecule has 0 aromatic heterocycles. The van der Waals surface area contributed by atoms with Crippen molar-refractivity contribution in [2.45, 2.75) is 39.5 Å². The number of rotatable bonds is 4. The Hall–Kier alpha value is 1.11. The van der Waals surface area contributed by atoms with Crippen molar-refractivity contribution in [3.63, 3.8) is 0 Å². The molecular weight excluding hydrogens is 214 g/mol. The Balaban J connectivity index is -0.000000177. The van der Waals surface area contributed by atoms with Gasteiger partial charge in [-0.3, -0.25) is 0 Å². The van der Waals surface area contributed by atoms with Crippen molar-refractivity contribution in [2.75, 3.05) is 0 Å². The molecule has 82 valence electrons. The average Bonchev–Trinajstić information content (AvgIpc) is 1.97. The zero-order valence-electron chi connectivity index (χ0n) is 9.31. The summed E-state index contributed by atoms with van der Waals surface area (Å²) in [6, 6.07) is 0. The average molecular weight is 234 g/mol. The van der Waals surface area contributed by atoms with Crippen molar-refractivity contribution in [1.82, 2.24) is 0 Å². The molecule has 0 spiro atoms. The predicted octanol–water partition coefficient (Wildman–Crippen LogP) is -0.888. The van der Waals surface area contributed by atoms with Gasteiger partial charge in [-0.25, -0.2) is 4.57 Å². The Morgan fingerprint density at radius 1 is 1.29 bits per heavy atom. The number of phosphoric acid groups is 1. The maximum Gasteiger partial charge on any atom is 1.00 e. The van der Waals surface area contributed by atoms with E-state index in [-0.39, 0.29) is 29.6 Å². The molecule has 0 saturated carbocycles. The zero-order chi connectivity index (χ0) is 10.9. The summed E-state index contributed by atoms with van der Waals surface area (Å²) < 4.78 is 8.88. The Bertz CT molecular complexity index is 140. The van der Waals surface area contributed by atoms with Crippen LogP contribution in [0.5, 0.6) is 0 Å². The molecule has 0 aromatic rings. The van der Waals surface area contributed by atoms with E-state index < -0.39 is 7.82 Å². The number of hydrogen-bond donors (Lipinski definition) is 3. The second-order valence-electron chi connectivity index (χ2n) is 2.93. The van der Waals surface area contributed by atoms with E-state index in [1.54, 1.807) is 0 Å². The van der Waals surface area contributed by atoms with Crippen LogP contribution in [-0.2, 0) is 4.57 Å². The van der Waals surface area contributed by atoms with Crippen LogP contribution in [0.3, 0.4) is 0 Å². The van der Waals surface area contributed by atoms with Gasteiger partial charge in [0.2, 0.25) is 0 Å². The summed E-state index contributed by atoms with van der Waals surface area (Å²) >= 11 is 0. The fraction of sp³-hybridized carbons (Fsp3) is 0.875. The van der Waals surface area contributed by atoms with E-state index in [4.69, 9.17) is 19.2 Å². The van der Waals surface area contributed by atoms with E-state index in [0.717, 1.165) is 0 Å². The Morgan fingerprint density at radius 2 is 1.64 bits per heavy atom. The second kappa shape index (κ2) is 12.2. The molecule has 0 aliphatic carbocycles. The van der Waals surface area contributed by atoms with Gasteiger partial charge < -0.3 is 21.6 Å². The van der Waals surface area contributed by atoms with Crippen molar-refractivity contribution >= 4 is 7.82 Å². The third kappa shape index (κ3) is 38.0. The molecule has 0 bridgehead atoms. The van der Waals surface area contributed by atoms with Crippen LogP contribution >= 0.6 is 7.82 Å². The molecule has 0 aliphatic heterocycles. The second-order valence-corrected chi connectivity index (χ2v) is 3.96. The molecule has 0 amide bonds. The Kier molecular flexibility index (Phi) is 17.8. The van der Waals surface area contributed by atoms with E-state index in [9.17, 15) is 0 Å². The molecular formula is C8H20NaO4P. The summed E-state index contributed by atoms with van der Waals surface area (Å²) in [5, 5.41) is 0. The van der Waals surface area contributed by atoms with Gasteiger partial charge in [0.25, 0.3) is 0 Å². The zero-order valence-corrected chi connectivity index (χ0v) is 12.2. The molecule has 0 aliphatic rings. The fourth-order valence-corrected chi connectivity index (χ4v) is 0.697. The summed E-state index contributed by atoms with van der Waals surface area (Å²) in [5.74, 6) is 0.704. The topological polar surface area (TPSA) is 77.8 Å². The van der Waals surface area contributed by atoms with E-state index in [0.29, 0.717) is 5.92 Å². The van der Waals surface area contributed by atoms with Gasteiger partial charge in [0.05, 0.1) is 0 Å².